The Labute approximate surface area is 139 Å². The van der Waals surface area contributed by atoms with Crippen molar-refractivity contribution in [1.82, 2.24) is 19.9 Å². The van der Waals surface area contributed by atoms with Crippen LogP contribution in [-0.2, 0) is 0 Å². The Morgan fingerprint density at radius 2 is 2.04 bits per heavy atom. The fourth-order valence-corrected chi connectivity index (χ4v) is 4.27. The van der Waals surface area contributed by atoms with E-state index in [0.717, 1.165) is 15.2 Å². The second-order valence-corrected chi connectivity index (χ2v) is 7.29. The van der Waals surface area contributed by atoms with E-state index in [1.807, 2.05) is 36.6 Å². The predicted octanol–water partition coefficient (Wildman–Crippen LogP) is 3.78. The van der Waals surface area contributed by atoms with Gasteiger partial charge in [0.05, 0.1) is 26.4 Å². The molecule has 4 rings (SSSR count). The molecule has 23 heavy (non-hydrogen) atoms. The molecule has 0 spiro atoms. The lowest BCUT2D eigenvalue weighted by Crippen LogP contribution is -2.12. The highest BCUT2D eigenvalue weighted by Gasteiger charge is 2.15. The Bertz CT molecular complexity index is 1060. The van der Waals surface area contributed by atoms with E-state index in [-0.39, 0.29) is 10.8 Å². The van der Waals surface area contributed by atoms with Gasteiger partial charge in [0.1, 0.15) is 17.2 Å². The van der Waals surface area contributed by atoms with Crippen LogP contribution in [0.5, 0.6) is 0 Å². The lowest BCUT2D eigenvalue weighted by atomic mass is 10.2. The van der Waals surface area contributed by atoms with Gasteiger partial charge in [0, 0.05) is 0 Å². The first-order valence-corrected chi connectivity index (χ1v) is 8.82. The molecular weight excluding hydrogens is 328 g/mol. The first kappa shape index (κ1) is 14.3. The SMILES string of the molecule is CC(Sc1ncnc2ccsc12)c1nc2ccccc2c(=O)[nH]1. The van der Waals surface area contributed by atoms with Crippen LogP contribution in [-0.4, -0.2) is 19.9 Å². The number of aromatic nitrogens is 4. The number of para-hydroxylation sites is 1. The third kappa shape index (κ3) is 2.62. The monoisotopic (exact) mass is 340 g/mol. The molecule has 1 atom stereocenters. The average Bonchev–Trinajstić information content (AvgIpc) is 3.04. The summed E-state index contributed by atoms with van der Waals surface area (Å²) in [6.07, 6.45) is 1.57. The number of aromatic amines is 1. The van der Waals surface area contributed by atoms with Crippen molar-refractivity contribution in [3.05, 3.63) is 58.2 Å². The molecule has 0 aliphatic heterocycles. The van der Waals surface area contributed by atoms with Crippen molar-refractivity contribution in [2.75, 3.05) is 0 Å². The molecule has 3 aromatic heterocycles. The van der Waals surface area contributed by atoms with Gasteiger partial charge in [-0.2, -0.15) is 0 Å². The van der Waals surface area contributed by atoms with Crippen LogP contribution < -0.4 is 5.56 Å². The van der Waals surface area contributed by atoms with Gasteiger partial charge in [-0.05, 0) is 30.5 Å². The maximum atomic E-state index is 12.2. The molecule has 1 N–H and O–H groups in total. The minimum atomic E-state index is -0.109. The number of hydrogen-bond acceptors (Lipinski definition) is 6. The third-order valence-electron chi connectivity index (χ3n) is 3.52. The number of fused-ring (bicyclic) bond motifs is 2. The van der Waals surface area contributed by atoms with Crippen molar-refractivity contribution in [3.8, 4) is 0 Å². The fourth-order valence-electron chi connectivity index (χ4n) is 2.37. The zero-order valence-corrected chi connectivity index (χ0v) is 13.8. The quantitative estimate of drug-likeness (QED) is 0.454. The van der Waals surface area contributed by atoms with Crippen LogP contribution in [0.2, 0.25) is 0 Å². The number of hydrogen-bond donors (Lipinski definition) is 1. The number of nitrogens with zero attached hydrogens (tertiary/aromatic N) is 3. The molecule has 114 valence electrons. The molecule has 0 bridgehead atoms. The van der Waals surface area contributed by atoms with Crippen LogP contribution in [0.25, 0.3) is 21.1 Å². The second-order valence-electron chi connectivity index (χ2n) is 5.04. The van der Waals surface area contributed by atoms with E-state index in [1.165, 1.54) is 0 Å². The van der Waals surface area contributed by atoms with Gasteiger partial charge >= 0.3 is 0 Å². The van der Waals surface area contributed by atoms with Crippen LogP contribution in [0.4, 0.5) is 0 Å². The number of thiophene rings is 1. The van der Waals surface area contributed by atoms with E-state index in [0.29, 0.717) is 16.7 Å². The maximum absolute atomic E-state index is 12.2. The molecule has 4 aromatic rings. The van der Waals surface area contributed by atoms with E-state index in [1.54, 1.807) is 35.5 Å². The molecule has 0 aliphatic carbocycles. The maximum Gasteiger partial charge on any atom is 0.258 e. The van der Waals surface area contributed by atoms with Crippen molar-refractivity contribution < 1.29 is 0 Å². The largest absolute Gasteiger partial charge is 0.309 e. The summed E-state index contributed by atoms with van der Waals surface area (Å²) in [5.74, 6) is 0.655. The van der Waals surface area contributed by atoms with Gasteiger partial charge in [0.15, 0.2) is 0 Å². The van der Waals surface area contributed by atoms with E-state index in [9.17, 15) is 4.79 Å². The summed E-state index contributed by atoms with van der Waals surface area (Å²) >= 11 is 3.19. The molecule has 0 amide bonds. The molecule has 1 aromatic carbocycles. The first-order valence-electron chi connectivity index (χ1n) is 7.06. The molecule has 0 radical (unpaired) electrons. The predicted molar refractivity (Wildman–Crippen MR) is 94.1 cm³/mol. The van der Waals surface area contributed by atoms with Gasteiger partial charge in [0.25, 0.3) is 5.56 Å². The Balaban J connectivity index is 1.73. The van der Waals surface area contributed by atoms with Gasteiger partial charge < -0.3 is 4.98 Å². The minimum absolute atomic E-state index is 0.0208. The Kier molecular flexibility index (Phi) is 3.59. The second kappa shape index (κ2) is 5.75. The van der Waals surface area contributed by atoms with E-state index < -0.39 is 0 Å². The van der Waals surface area contributed by atoms with Gasteiger partial charge in [-0.25, -0.2) is 15.0 Å². The summed E-state index contributed by atoms with van der Waals surface area (Å²) in [7, 11) is 0. The highest BCUT2D eigenvalue weighted by atomic mass is 32.2. The number of benzene rings is 1. The lowest BCUT2D eigenvalue weighted by Gasteiger charge is -2.11. The van der Waals surface area contributed by atoms with Gasteiger partial charge in [-0.3, -0.25) is 4.79 Å². The molecule has 0 saturated carbocycles. The Morgan fingerprint density at radius 1 is 1.17 bits per heavy atom. The fraction of sp³-hybridized carbons (Fsp3) is 0.125. The molecule has 0 fully saturated rings. The third-order valence-corrected chi connectivity index (χ3v) is 5.66. The molecule has 3 heterocycles. The summed E-state index contributed by atoms with van der Waals surface area (Å²) in [6.45, 7) is 2.01. The number of thioether (sulfide) groups is 1. The smallest absolute Gasteiger partial charge is 0.258 e. The number of rotatable bonds is 3. The molecule has 7 heteroatoms. The van der Waals surface area contributed by atoms with E-state index >= 15 is 0 Å². The number of nitrogens with one attached hydrogen (secondary N) is 1. The summed E-state index contributed by atoms with van der Waals surface area (Å²) in [6, 6.07) is 9.34. The zero-order chi connectivity index (χ0) is 15.8. The van der Waals surface area contributed by atoms with Crippen LogP contribution in [0, 0.1) is 0 Å². The molecule has 1 unspecified atom stereocenters. The summed E-state index contributed by atoms with van der Waals surface area (Å²) in [4.78, 5) is 28.3. The van der Waals surface area contributed by atoms with Gasteiger partial charge in [0.2, 0.25) is 0 Å². The van der Waals surface area contributed by atoms with Gasteiger partial charge in [-0.15, -0.1) is 11.3 Å². The summed E-state index contributed by atoms with van der Waals surface area (Å²) < 4.78 is 1.06. The van der Waals surface area contributed by atoms with Crippen LogP contribution in [0.15, 0.2) is 51.9 Å². The summed E-state index contributed by atoms with van der Waals surface area (Å²) in [5, 5.41) is 3.50. The standard InChI is InChI=1S/C16H12N4OS2/c1-9(23-16-13-12(6-7-22-13)17-8-18-16)14-19-11-5-3-2-4-10(11)15(21)20-14/h2-9H,1H3,(H,19,20,21). The highest BCUT2D eigenvalue weighted by Crippen LogP contribution is 2.37. The van der Waals surface area contributed by atoms with Crippen molar-refractivity contribution in [1.29, 1.82) is 0 Å². The topological polar surface area (TPSA) is 71.5 Å². The van der Waals surface area contributed by atoms with E-state index in [2.05, 4.69) is 19.9 Å². The highest BCUT2D eigenvalue weighted by molar-refractivity contribution is 7.99. The number of H-pyrrole nitrogens is 1. The molecule has 0 aliphatic rings. The average molecular weight is 340 g/mol. The molecule has 0 saturated heterocycles. The lowest BCUT2D eigenvalue weighted by molar-refractivity contribution is 0.919. The van der Waals surface area contributed by atoms with E-state index in [4.69, 9.17) is 0 Å². The van der Waals surface area contributed by atoms with Crippen molar-refractivity contribution >= 4 is 44.2 Å². The Hall–Kier alpha value is -2.25. The van der Waals surface area contributed by atoms with Crippen molar-refractivity contribution in [2.45, 2.75) is 17.2 Å². The minimum Gasteiger partial charge on any atom is -0.309 e. The van der Waals surface area contributed by atoms with Gasteiger partial charge in [-0.1, -0.05) is 23.9 Å². The molecule has 5 nitrogen and oxygen atoms in total. The Morgan fingerprint density at radius 3 is 2.96 bits per heavy atom. The first-order chi connectivity index (χ1) is 11.2. The normalized spacial score (nSPS) is 12.7. The van der Waals surface area contributed by atoms with Crippen molar-refractivity contribution in [3.63, 3.8) is 0 Å². The zero-order valence-electron chi connectivity index (χ0n) is 12.2. The van der Waals surface area contributed by atoms with Crippen LogP contribution in [0.1, 0.15) is 18.0 Å². The van der Waals surface area contributed by atoms with Crippen LogP contribution >= 0.6 is 23.1 Å². The van der Waals surface area contributed by atoms with Crippen LogP contribution in [0.3, 0.4) is 0 Å². The molecular formula is C16H12N4OS2. The van der Waals surface area contributed by atoms with Crippen molar-refractivity contribution in [2.24, 2.45) is 0 Å². The summed E-state index contributed by atoms with van der Waals surface area (Å²) in [5.41, 5.74) is 1.55.